The molecule has 0 radical (unpaired) electrons. The first kappa shape index (κ1) is 47.0. The summed E-state index contributed by atoms with van der Waals surface area (Å²) in [6, 6.07) is 48.2. The highest BCUT2D eigenvalue weighted by Crippen LogP contribution is 2.52. The molecule has 0 bridgehead atoms. The van der Waals surface area contributed by atoms with E-state index in [0.717, 1.165) is 30.6 Å². The number of nitrogens with one attached hydrogen (secondary N) is 1. The van der Waals surface area contributed by atoms with Gasteiger partial charge in [0.2, 0.25) is 0 Å². The molecule has 64 heavy (non-hydrogen) atoms. The van der Waals surface area contributed by atoms with E-state index in [2.05, 4.69) is 174 Å². The molecule has 0 heterocycles. The van der Waals surface area contributed by atoms with Crippen molar-refractivity contribution in [1.82, 2.24) is 0 Å². The Kier molecular flexibility index (Phi) is 15.3. The summed E-state index contributed by atoms with van der Waals surface area (Å²) in [4.78, 5) is 0. The molecular weight excluding hydrogens is 773 g/mol. The summed E-state index contributed by atoms with van der Waals surface area (Å²) in [5.74, 6) is 0. The minimum absolute atomic E-state index is 0.0286. The molecule has 0 saturated heterocycles. The summed E-state index contributed by atoms with van der Waals surface area (Å²) in [6.07, 6.45) is 11.8. The zero-order valence-corrected chi connectivity index (χ0v) is 39.8. The first-order valence-electron chi connectivity index (χ1n) is 23.3. The Morgan fingerprint density at radius 3 is 2.03 bits per heavy atom. The fraction of sp³-hybridized carbons (Fsp3) is 0.242. The third-order valence-corrected chi connectivity index (χ3v) is 12.8. The van der Waals surface area contributed by atoms with Gasteiger partial charge in [0.1, 0.15) is 0 Å². The first-order valence-corrected chi connectivity index (χ1v) is 23.3. The molecule has 0 aliphatic heterocycles. The van der Waals surface area contributed by atoms with Gasteiger partial charge in [-0.05, 0) is 140 Å². The molecule has 4 aliphatic rings. The van der Waals surface area contributed by atoms with Crippen LogP contribution in [0.3, 0.4) is 0 Å². The van der Waals surface area contributed by atoms with Gasteiger partial charge in [-0.3, -0.25) is 0 Å². The van der Waals surface area contributed by atoms with E-state index >= 15 is 0 Å². The number of hydrogen-bond acceptors (Lipinski definition) is 2. The lowest BCUT2D eigenvalue weighted by Crippen LogP contribution is -2.14. The number of rotatable bonds is 6. The lowest BCUT2D eigenvalue weighted by Gasteiger charge is -2.25. The fourth-order valence-corrected chi connectivity index (χ4v) is 9.70. The predicted octanol–water partition coefficient (Wildman–Crippen LogP) is 17.0. The van der Waals surface area contributed by atoms with Gasteiger partial charge in [-0.25, -0.2) is 0 Å². The molecule has 4 aliphatic carbocycles. The second kappa shape index (κ2) is 20.8. The molecule has 2 nitrogen and oxygen atoms in total. The smallest absolute Gasteiger partial charge is 0.0466 e. The second-order valence-corrected chi connectivity index (χ2v) is 17.3. The molecule has 0 amide bonds. The van der Waals surface area contributed by atoms with Gasteiger partial charge in [0, 0.05) is 34.3 Å². The quantitative estimate of drug-likeness (QED) is 0.164. The van der Waals surface area contributed by atoms with Gasteiger partial charge in [-0.1, -0.05) is 196 Å². The van der Waals surface area contributed by atoms with Crippen LogP contribution in [0.5, 0.6) is 0 Å². The summed E-state index contributed by atoms with van der Waals surface area (Å²) < 4.78 is 0. The van der Waals surface area contributed by atoms with Gasteiger partial charge in [-0.15, -0.1) is 5.73 Å². The molecular formula is C62H68N2. The molecule has 0 fully saturated rings. The highest BCUT2D eigenvalue weighted by Gasteiger charge is 2.37. The van der Waals surface area contributed by atoms with Crippen molar-refractivity contribution in [2.24, 2.45) is 11.1 Å². The van der Waals surface area contributed by atoms with Crippen LogP contribution in [0.15, 0.2) is 199 Å². The van der Waals surface area contributed by atoms with Gasteiger partial charge in [0.05, 0.1) is 0 Å². The summed E-state index contributed by atoms with van der Waals surface area (Å²) >= 11 is 0. The summed E-state index contributed by atoms with van der Waals surface area (Å²) in [6.45, 7) is 27.6. The average molecular weight is 841 g/mol. The number of nitrogens with two attached hydrogens (primary N) is 1. The van der Waals surface area contributed by atoms with Crippen molar-refractivity contribution in [2.75, 3.05) is 5.32 Å². The monoisotopic (exact) mass is 841 g/mol. The van der Waals surface area contributed by atoms with Crippen molar-refractivity contribution in [2.45, 2.75) is 93.5 Å². The molecule has 10 rings (SSSR count). The number of benzene rings is 6. The van der Waals surface area contributed by atoms with Gasteiger partial charge in [0.25, 0.3) is 0 Å². The maximum Gasteiger partial charge on any atom is 0.0466 e. The molecule has 0 unspecified atom stereocenters. The second-order valence-electron chi connectivity index (χ2n) is 17.3. The minimum atomic E-state index is 0.0286. The number of allylic oxidation sites excluding steroid dienone is 8. The Labute approximate surface area is 385 Å². The van der Waals surface area contributed by atoms with Crippen LogP contribution in [-0.2, 0) is 18.4 Å². The molecule has 326 valence electrons. The molecule has 6 aromatic carbocycles. The van der Waals surface area contributed by atoms with E-state index in [1.54, 1.807) is 0 Å². The summed E-state index contributed by atoms with van der Waals surface area (Å²) in [5, 5.41) is 3.77. The van der Waals surface area contributed by atoms with Crippen molar-refractivity contribution in [3.8, 4) is 33.4 Å². The lowest BCUT2D eigenvalue weighted by atomic mass is 9.79. The SMILES string of the molecule is C=C=CC1=C(C=C)C(C)(C)C2=C1CCC=C2.CC.CC.Cc1ccc(-c2ccc3c(c2)-c2ccccc2C3(C)C)c(Nc2ccc3c(c2)Cc2ccccc2-3)c1.NCc1ccccc1. The van der Waals surface area contributed by atoms with Crippen LogP contribution in [0, 0.1) is 12.3 Å². The van der Waals surface area contributed by atoms with Crippen LogP contribution in [0.4, 0.5) is 11.4 Å². The van der Waals surface area contributed by atoms with Crippen molar-refractivity contribution < 1.29 is 0 Å². The van der Waals surface area contributed by atoms with Crippen LogP contribution >= 0.6 is 0 Å². The molecule has 0 aromatic heterocycles. The largest absolute Gasteiger partial charge is 0.355 e. The van der Waals surface area contributed by atoms with Crippen LogP contribution in [0.2, 0.25) is 0 Å². The van der Waals surface area contributed by atoms with E-state index in [1.807, 2.05) is 70.2 Å². The molecule has 0 atom stereocenters. The van der Waals surface area contributed by atoms with Crippen LogP contribution in [0.1, 0.15) is 102 Å². The maximum atomic E-state index is 5.35. The van der Waals surface area contributed by atoms with Crippen LogP contribution < -0.4 is 11.1 Å². The van der Waals surface area contributed by atoms with Crippen LogP contribution in [-0.4, -0.2) is 0 Å². The standard InChI is InChI=1S/C35H29N.C16H18.C7H9N.2C2H6/c1-22-12-15-29(24-13-17-33-31(21-24)30-10-6-7-11-32(30)35(33,2)3)34(18-22)36-26-14-16-28-25(20-26)19-23-8-4-5-9-27(23)28;1-5-9-12-13-10-7-8-11-15(13)16(3,4)14(12)6-2;8-6-7-4-2-1-3-5-7;2*1-2/h4-18,20-21,36H,19H2,1-3H3;6,8-9,11H,1-2,7,10H2,3-4H3;1-5H,6,8H2;2*1-2H3. The third-order valence-electron chi connectivity index (χ3n) is 12.8. The Bertz CT molecular complexity index is 2760. The molecule has 2 heteroatoms. The maximum absolute atomic E-state index is 5.35. The fourth-order valence-electron chi connectivity index (χ4n) is 9.70. The Morgan fingerprint density at radius 1 is 0.672 bits per heavy atom. The minimum Gasteiger partial charge on any atom is -0.355 e. The zero-order valence-electron chi connectivity index (χ0n) is 39.8. The van der Waals surface area contributed by atoms with Crippen LogP contribution in [0.25, 0.3) is 33.4 Å². The normalized spacial score (nSPS) is 14.7. The predicted molar refractivity (Wildman–Crippen MR) is 279 cm³/mol. The number of fused-ring (bicyclic) bond motifs is 6. The number of hydrogen-bond donors (Lipinski definition) is 2. The number of anilines is 2. The summed E-state index contributed by atoms with van der Waals surface area (Å²) in [5.41, 5.74) is 32.1. The highest BCUT2D eigenvalue weighted by atomic mass is 14.9. The Balaban J connectivity index is 0.000000200. The van der Waals surface area contributed by atoms with Crippen molar-refractivity contribution >= 4 is 11.4 Å². The first-order chi connectivity index (χ1) is 31.0. The molecule has 6 aromatic rings. The highest BCUT2D eigenvalue weighted by molar-refractivity contribution is 5.89. The molecule has 3 N–H and O–H groups in total. The van der Waals surface area contributed by atoms with Crippen molar-refractivity contribution in [1.29, 1.82) is 0 Å². The van der Waals surface area contributed by atoms with E-state index in [1.165, 1.54) is 89.1 Å². The van der Waals surface area contributed by atoms with E-state index in [9.17, 15) is 0 Å². The number of aryl methyl sites for hydroxylation is 1. The van der Waals surface area contributed by atoms with Gasteiger partial charge >= 0.3 is 0 Å². The average Bonchev–Trinajstić information content (AvgIpc) is 3.89. The topological polar surface area (TPSA) is 38.0 Å². The van der Waals surface area contributed by atoms with E-state index in [0.29, 0.717) is 6.54 Å². The lowest BCUT2D eigenvalue weighted by molar-refractivity contribution is 0.572. The molecule has 0 saturated carbocycles. The third kappa shape index (κ3) is 9.41. The molecule has 0 spiro atoms. The van der Waals surface area contributed by atoms with Crippen molar-refractivity contribution in [3.05, 3.63) is 232 Å². The van der Waals surface area contributed by atoms with E-state index < -0.39 is 0 Å². The van der Waals surface area contributed by atoms with Gasteiger partial charge < -0.3 is 11.1 Å². The zero-order chi connectivity index (χ0) is 46.0. The van der Waals surface area contributed by atoms with Crippen molar-refractivity contribution in [3.63, 3.8) is 0 Å². The Morgan fingerprint density at radius 2 is 1.33 bits per heavy atom. The summed E-state index contributed by atoms with van der Waals surface area (Å²) in [7, 11) is 0. The van der Waals surface area contributed by atoms with Gasteiger partial charge in [0.15, 0.2) is 0 Å². The van der Waals surface area contributed by atoms with E-state index in [-0.39, 0.29) is 10.8 Å². The van der Waals surface area contributed by atoms with Gasteiger partial charge in [-0.2, -0.15) is 0 Å². The Hall–Kier alpha value is -6.44. The van der Waals surface area contributed by atoms with E-state index in [4.69, 9.17) is 5.73 Å².